The first-order valence-electron chi connectivity index (χ1n) is 8.50. The van der Waals surface area contributed by atoms with Crippen molar-refractivity contribution < 1.29 is 12.8 Å². The average molecular weight is 434 g/mol. The molecule has 29 heavy (non-hydrogen) atoms. The Bertz CT molecular complexity index is 1220. The summed E-state index contributed by atoms with van der Waals surface area (Å²) in [6.45, 7) is 1.74. The number of primary sulfonamides is 1. The summed E-state index contributed by atoms with van der Waals surface area (Å²) in [6, 6.07) is 11.3. The minimum Gasteiger partial charge on any atom is -0.267 e. The normalized spacial score (nSPS) is 13.0. The van der Waals surface area contributed by atoms with Gasteiger partial charge in [-0.05, 0) is 48.4 Å². The molecule has 0 fully saturated rings. The van der Waals surface area contributed by atoms with Gasteiger partial charge in [0.25, 0.3) is 5.56 Å². The highest BCUT2D eigenvalue weighted by atomic mass is 35.5. The monoisotopic (exact) mass is 433 g/mol. The van der Waals surface area contributed by atoms with Crippen LogP contribution in [0.4, 0.5) is 4.39 Å². The SMILES string of the molecule is CC(Cl)C=Cn1ncc(-c2ccc(S(N)(=O)=O)cc2)c(-c2ccc(F)cc2)c1=O. The molecule has 0 aliphatic heterocycles. The maximum absolute atomic E-state index is 13.4. The van der Waals surface area contributed by atoms with Gasteiger partial charge in [0.1, 0.15) is 5.82 Å². The van der Waals surface area contributed by atoms with Crippen molar-refractivity contribution >= 4 is 27.8 Å². The largest absolute Gasteiger partial charge is 0.279 e. The van der Waals surface area contributed by atoms with E-state index in [4.69, 9.17) is 16.7 Å². The van der Waals surface area contributed by atoms with Crippen LogP contribution in [0.5, 0.6) is 0 Å². The summed E-state index contributed by atoms with van der Waals surface area (Å²) >= 11 is 5.90. The van der Waals surface area contributed by atoms with Crippen molar-refractivity contribution in [2.75, 3.05) is 0 Å². The Morgan fingerprint density at radius 3 is 2.24 bits per heavy atom. The van der Waals surface area contributed by atoms with Crippen LogP contribution in [-0.4, -0.2) is 23.6 Å². The van der Waals surface area contributed by atoms with Crippen LogP contribution >= 0.6 is 11.6 Å². The smallest absolute Gasteiger partial charge is 0.267 e. The van der Waals surface area contributed by atoms with Crippen LogP contribution in [0.2, 0.25) is 0 Å². The highest BCUT2D eigenvalue weighted by Crippen LogP contribution is 2.29. The summed E-state index contributed by atoms with van der Waals surface area (Å²) in [5.74, 6) is -0.432. The Kier molecular flexibility index (Phi) is 5.97. The Morgan fingerprint density at radius 1 is 1.10 bits per heavy atom. The first-order valence-corrected chi connectivity index (χ1v) is 10.5. The lowest BCUT2D eigenvalue weighted by molar-refractivity contribution is 0.598. The van der Waals surface area contributed by atoms with Crippen molar-refractivity contribution in [1.82, 2.24) is 9.78 Å². The lowest BCUT2D eigenvalue weighted by Gasteiger charge is -2.11. The highest BCUT2D eigenvalue weighted by Gasteiger charge is 2.16. The van der Waals surface area contributed by atoms with Crippen molar-refractivity contribution in [1.29, 1.82) is 0 Å². The summed E-state index contributed by atoms with van der Waals surface area (Å²) in [4.78, 5) is 13.0. The van der Waals surface area contributed by atoms with Gasteiger partial charge >= 0.3 is 0 Å². The number of benzene rings is 2. The van der Waals surface area contributed by atoms with E-state index >= 15 is 0 Å². The summed E-state index contributed by atoms with van der Waals surface area (Å²) in [7, 11) is -3.84. The molecular formula is C20H17ClFN3O3S. The molecule has 0 saturated carbocycles. The molecule has 9 heteroatoms. The number of aromatic nitrogens is 2. The van der Waals surface area contributed by atoms with E-state index in [1.54, 1.807) is 13.0 Å². The highest BCUT2D eigenvalue weighted by molar-refractivity contribution is 7.89. The number of hydrogen-bond donors (Lipinski definition) is 1. The van der Waals surface area contributed by atoms with Crippen LogP contribution in [0, 0.1) is 5.82 Å². The van der Waals surface area contributed by atoms with Crippen molar-refractivity contribution in [3.05, 3.63) is 77.0 Å². The second-order valence-corrected chi connectivity index (χ2v) is 8.53. The number of sulfonamides is 1. The quantitative estimate of drug-likeness (QED) is 0.623. The van der Waals surface area contributed by atoms with Crippen LogP contribution in [0.15, 0.2) is 70.5 Å². The molecule has 6 nitrogen and oxygen atoms in total. The van der Waals surface area contributed by atoms with Crippen LogP contribution in [0.25, 0.3) is 28.5 Å². The van der Waals surface area contributed by atoms with E-state index in [0.29, 0.717) is 16.7 Å². The van der Waals surface area contributed by atoms with E-state index < -0.39 is 21.4 Å². The average Bonchev–Trinajstić information content (AvgIpc) is 2.67. The fourth-order valence-electron chi connectivity index (χ4n) is 2.71. The molecule has 3 aromatic rings. The lowest BCUT2D eigenvalue weighted by Crippen LogP contribution is -2.21. The third-order valence-corrected chi connectivity index (χ3v) is 5.20. The number of allylic oxidation sites excluding steroid dienone is 1. The molecule has 0 saturated heterocycles. The molecule has 150 valence electrons. The Labute approximate surface area is 172 Å². The van der Waals surface area contributed by atoms with E-state index in [1.807, 2.05) is 0 Å². The van der Waals surface area contributed by atoms with Gasteiger partial charge < -0.3 is 0 Å². The zero-order chi connectivity index (χ0) is 21.2. The summed E-state index contributed by atoms with van der Waals surface area (Å²) in [5.41, 5.74) is 1.37. The van der Waals surface area contributed by atoms with Crippen LogP contribution in [0.1, 0.15) is 6.92 Å². The van der Waals surface area contributed by atoms with Crippen molar-refractivity contribution in [3.8, 4) is 22.3 Å². The fourth-order valence-corrected chi connectivity index (χ4v) is 3.29. The molecule has 1 atom stereocenters. The molecular weight excluding hydrogens is 417 g/mol. The minimum atomic E-state index is -3.84. The Balaban J connectivity index is 2.22. The zero-order valence-electron chi connectivity index (χ0n) is 15.3. The van der Waals surface area contributed by atoms with Crippen LogP contribution < -0.4 is 10.7 Å². The molecule has 0 radical (unpaired) electrons. The topological polar surface area (TPSA) is 95.1 Å². The standard InChI is InChI=1S/C20H17ClFN3O3S/c1-13(21)10-11-25-20(26)19(15-2-6-16(22)7-3-15)18(12-24-25)14-4-8-17(9-5-14)29(23,27)28/h2-13H,1H3,(H2,23,27,28). The number of nitrogens with two attached hydrogens (primary N) is 1. The number of halogens is 2. The Hall–Kier alpha value is -2.81. The summed E-state index contributed by atoms with van der Waals surface area (Å²) < 4.78 is 37.5. The van der Waals surface area contributed by atoms with E-state index in [0.717, 1.165) is 4.68 Å². The molecule has 0 aliphatic rings. The lowest BCUT2D eigenvalue weighted by atomic mass is 9.97. The molecule has 0 spiro atoms. The number of rotatable bonds is 5. The predicted octanol–water partition coefficient (Wildman–Crippen LogP) is 3.46. The first-order chi connectivity index (χ1) is 13.7. The molecule has 0 aliphatic carbocycles. The van der Waals surface area contributed by atoms with Gasteiger partial charge in [-0.3, -0.25) is 4.79 Å². The minimum absolute atomic E-state index is 0.0510. The van der Waals surface area contributed by atoms with Gasteiger partial charge in [-0.25, -0.2) is 22.6 Å². The first kappa shape index (κ1) is 20.9. The van der Waals surface area contributed by atoms with E-state index in [1.165, 1.54) is 60.9 Å². The van der Waals surface area contributed by atoms with Crippen LogP contribution in [-0.2, 0) is 10.0 Å². The van der Waals surface area contributed by atoms with Gasteiger partial charge in [-0.2, -0.15) is 5.10 Å². The van der Waals surface area contributed by atoms with Gasteiger partial charge in [-0.1, -0.05) is 24.3 Å². The maximum atomic E-state index is 13.4. The summed E-state index contributed by atoms with van der Waals surface area (Å²) in [5, 5.41) is 8.98. The Morgan fingerprint density at radius 2 is 1.69 bits per heavy atom. The molecule has 3 rings (SSSR count). The van der Waals surface area contributed by atoms with Crippen molar-refractivity contribution in [2.24, 2.45) is 5.14 Å². The van der Waals surface area contributed by atoms with Gasteiger partial charge in [-0.15, -0.1) is 11.6 Å². The van der Waals surface area contributed by atoms with Gasteiger partial charge in [0, 0.05) is 11.8 Å². The van der Waals surface area contributed by atoms with Gasteiger partial charge in [0.05, 0.1) is 22.0 Å². The maximum Gasteiger partial charge on any atom is 0.279 e. The van der Waals surface area contributed by atoms with E-state index in [2.05, 4.69) is 5.10 Å². The molecule has 1 aromatic heterocycles. The molecule has 2 N–H and O–H groups in total. The van der Waals surface area contributed by atoms with Crippen molar-refractivity contribution in [2.45, 2.75) is 17.2 Å². The fraction of sp³-hybridized carbons (Fsp3) is 0.100. The number of nitrogens with zero attached hydrogens (tertiary/aromatic N) is 2. The van der Waals surface area contributed by atoms with Gasteiger partial charge in [0.2, 0.25) is 10.0 Å². The van der Waals surface area contributed by atoms with Gasteiger partial charge in [0.15, 0.2) is 0 Å². The van der Waals surface area contributed by atoms with E-state index in [9.17, 15) is 17.6 Å². The third-order valence-electron chi connectivity index (χ3n) is 4.12. The zero-order valence-corrected chi connectivity index (χ0v) is 16.9. The third kappa shape index (κ3) is 4.79. The molecule has 1 heterocycles. The number of hydrogen-bond acceptors (Lipinski definition) is 4. The van der Waals surface area contributed by atoms with Crippen LogP contribution in [0.3, 0.4) is 0 Å². The molecule has 1 unspecified atom stereocenters. The molecule has 0 bridgehead atoms. The molecule has 2 aromatic carbocycles. The van der Waals surface area contributed by atoms with E-state index in [-0.39, 0.29) is 15.8 Å². The summed E-state index contributed by atoms with van der Waals surface area (Å²) in [6.07, 6.45) is 4.54. The van der Waals surface area contributed by atoms with Crippen molar-refractivity contribution in [3.63, 3.8) is 0 Å². The molecule has 0 amide bonds. The number of alkyl halides is 1. The second kappa shape index (κ2) is 8.28. The second-order valence-electron chi connectivity index (χ2n) is 6.28. The predicted molar refractivity (Wildman–Crippen MR) is 111 cm³/mol.